The first-order chi connectivity index (χ1) is 7.81. The average Bonchev–Trinajstić information content (AvgIpc) is 2.73. The fourth-order valence-electron chi connectivity index (χ4n) is 2.17. The van der Waals surface area contributed by atoms with Crippen LogP contribution in [0.5, 0.6) is 0 Å². The van der Waals surface area contributed by atoms with Crippen LogP contribution in [0.1, 0.15) is 17.5 Å². The molecule has 1 aromatic rings. The van der Waals surface area contributed by atoms with Crippen molar-refractivity contribution in [2.75, 3.05) is 11.0 Å². The number of hydrogen-bond acceptors (Lipinski definition) is 1. The quantitative estimate of drug-likeness (QED) is 0.513. The molecule has 0 atom stereocenters. The smallest absolute Gasteiger partial charge is 0.223 e. The van der Waals surface area contributed by atoms with Crippen molar-refractivity contribution < 1.29 is 4.79 Å². The molecule has 0 aromatic heterocycles. The lowest BCUT2D eigenvalue weighted by Crippen LogP contribution is -2.31. The van der Waals surface area contributed by atoms with Crippen molar-refractivity contribution in [3.8, 4) is 0 Å². The molecule has 0 radical (unpaired) electrons. The molecule has 1 N–H and O–H groups in total. The molecule has 86 valence electrons. The molecule has 0 aliphatic heterocycles. The van der Waals surface area contributed by atoms with Crippen LogP contribution in [0.2, 0.25) is 0 Å². The Morgan fingerprint density at radius 1 is 1.31 bits per heavy atom. The minimum atomic E-state index is 0.159. The number of carbonyl (C=O) groups is 1. The van der Waals surface area contributed by atoms with Crippen LogP contribution in [0.4, 0.5) is 0 Å². The summed E-state index contributed by atoms with van der Waals surface area (Å²) in [6.45, 7) is 0.814. The van der Waals surface area contributed by atoms with Crippen molar-refractivity contribution in [2.24, 2.45) is 5.92 Å². The highest BCUT2D eigenvalue weighted by atomic mass is 127. The van der Waals surface area contributed by atoms with E-state index in [1.165, 1.54) is 11.1 Å². The Morgan fingerprint density at radius 2 is 1.94 bits per heavy atom. The van der Waals surface area contributed by atoms with Crippen LogP contribution in [0.25, 0.3) is 0 Å². The topological polar surface area (TPSA) is 29.1 Å². The minimum Gasteiger partial charge on any atom is -0.356 e. The normalized spacial score (nSPS) is 14.8. The van der Waals surface area contributed by atoms with Crippen LogP contribution < -0.4 is 5.32 Å². The van der Waals surface area contributed by atoms with Gasteiger partial charge in [0.2, 0.25) is 5.91 Å². The SMILES string of the molecule is O=C(NCCCI)C1Cc2ccccc2C1. The molecule has 2 rings (SSSR count). The van der Waals surface area contributed by atoms with Gasteiger partial charge in [0.1, 0.15) is 0 Å². The summed E-state index contributed by atoms with van der Waals surface area (Å²) in [6.07, 6.45) is 2.88. The first-order valence-electron chi connectivity index (χ1n) is 5.71. The van der Waals surface area contributed by atoms with Gasteiger partial charge in [-0.1, -0.05) is 46.9 Å². The first-order valence-corrected chi connectivity index (χ1v) is 7.24. The molecular formula is C13H16INO. The molecule has 0 heterocycles. The molecule has 1 aliphatic carbocycles. The zero-order valence-corrected chi connectivity index (χ0v) is 11.4. The molecule has 3 heteroatoms. The molecule has 1 aromatic carbocycles. The summed E-state index contributed by atoms with van der Waals surface area (Å²) in [5, 5.41) is 3.02. The monoisotopic (exact) mass is 329 g/mol. The molecule has 0 spiro atoms. The van der Waals surface area contributed by atoms with E-state index in [1.54, 1.807) is 0 Å². The number of nitrogens with one attached hydrogen (secondary N) is 1. The number of halogens is 1. The zero-order valence-electron chi connectivity index (χ0n) is 9.21. The fraction of sp³-hybridized carbons (Fsp3) is 0.462. The summed E-state index contributed by atoms with van der Waals surface area (Å²) in [7, 11) is 0. The summed E-state index contributed by atoms with van der Waals surface area (Å²) in [5.74, 6) is 0.382. The van der Waals surface area contributed by atoms with Gasteiger partial charge in [0.15, 0.2) is 0 Å². The van der Waals surface area contributed by atoms with Crippen LogP contribution in [0, 0.1) is 5.92 Å². The average molecular weight is 329 g/mol. The first kappa shape index (κ1) is 11.9. The number of amides is 1. The number of alkyl halides is 1. The number of hydrogen-bond donors (Lipinski definition) is 1. The molecule has 0 saturated carbocycles. The Hall–Kier alpha value is -0.580. The maximum atomic E-state index is 11.9. The summed E-state index contributed by atoms with van der Waals surface area (Å²) >= 11 is 2.33. The van der Waals surface area contributed by atoms with Crippen LogP contribution in [0.3, 0.4) is 0 Å². The summed E-state index contributed by atoms with van der Waals surface area (Å²) in [5.41, 5.74) is 2.69. The minimum absolute atomic E-state index is 0.159. The third-order valence-electron chi connectivity index (χ3n) is 3.03. The molecule has 1 amide bonds. The van der Waals surface area contributed by atoms with E-state index in [0.717, 1.165) is 30.2 Å². The Kier molecular flexibility index (Phi) is 4.21. The highest BCUT2D eigenvalue weighted by Gasteiger charge is 2.26. The van der Waals surface area contributed by atoms with Crippen LogP contribution in [-0.4, -0.2) is 16.9 Å². The van der Waals surface area contributed by atoms with Gasteiger partial charge in [-0.2, -0.15) is 0 Å². The second-order valence-electron chi connectivity index (χ2n) is 4.21. The predicted molar refractivity (Wildman–Crippen MR) is 73.9 cm³/mol. The van der Waals surface area contributed by atoms with E-state index in [-0.39, 0.29) is 11.8 Å². The largest absolute Gasteiger partial charge is 0.356 e. The lowest BCUT2D eigenvalue weighted by atomic mass is 10.1. The van der Waals surface area contributed by atoms with Crippen molar-refractivity contribution in [1.82, 2.24) is 5.32 Å². The molecule has 0 saturated heterocycles. The Labute approximate surface area is 110 Å². The van der Waals surface area contributed by atoms with E-state index in [0.29, 0.717) is 0 Å². The summed E-state index contributed by atoms with van der Waals surface area (Å²) in [6, 6.07) is 8.37. The number of fused-ring (bicyclic) bond motifs is 1. The number of rotatable bonds is 4. The molecule has 2 nitrogen and oxygen atoms in total. The highest BCUT2D eigenvalue weighted by molar-refractivity contribution is 14.1. The van der Waals surface area contributed by atoms with E-state index >= 15 is 0 Å². The van der Waals surface area contributed by atoms with Gasteiger partial charge in [-0.25, -0.2) is 0 Å². The highest BCUT2D eigenvalue weighted by Crippen LogP contribution is 2.26. The maximum Gasteiger partial charge on any atom is 0.223 e. The van der Waals surface area contributed by atoms with Crippen molar-refractivity contribution in [2.45, 2.75) is 19.3 Å². The van der Waals surface area contributed by atoms with E-state index < -0.39 is 0 Å². The van der Waals surface area contributed by atoms with Gasteiger partial charge in [-0.3, -0.25) is 4.79 Å². The molecule has 1 aliphatic rings. The predicted octanol–water partition coefficient (Wildman–Crippen LogP) is 2.34. The van der Waals surface area contributed by atoms with Crippen molar-refractivity contribution in [3.63, 3.8) is 0 Å². The Morgan fingerprint density at radius 3 is 2.50 bits per heavy atom. The van der Waals surface area contributed by atoms with Gasteiger partial charge in [0.25, 0.3) is 0 Å². The summed E-state index contributed by atoms with van der Waals surface area (Å²) in [4.78, 5) is 11.9. The number of benzene rings is 1. The van der Waals surface area contributed by atoms with Crippen molar-refractivity contribution in [1.29, 1.82) is 0 Å². The lowest BCUT2D eigenvalue weighted by molar-refractivity contribution is -0.124. The van der Waals surface area contributed by atoms with Gasteiger partial charge in [0, 0.05) is 16.9 Å². The van der Waals surface area contributed by atoms with Crippen LogP contribution >= 0.6 is 22.6 Å². The van der Waals surface area contributed by atoms with E-state index in [1.807, 2.05) is 0 Å². The fourth-order valence-corrected chi connectivity index (χ4v) is 2.55. The van der Waals surface area contributed by atoms with E-state index in [2.05, 4.69) is 52.2 Å². The second kappa shape index (κ2) is 5.66. The van der Waals surface area contributed by atoms with E-state index in [9.17, 15) is 4.79 Å². The third kappa shape index (κ3) is 2.75. The van der Waals surface area contributed by atoms with Crippen molar-refractivity contribution >= 4 is 28.5 Å². The molecule has 0 bridgehead atoms. The van der Waals surface area contributed by atoms with Gasteiger partial charge in [-0.05, 0) is 30.4 Å². The van der Waals surface area contributed by atoms with E-state index in [4.69, 9.17) is 0 Å². The van der Waals surface area contributed by atoms with Crippen LogP contribution in [-0.2, 0) is 17.6 Å². The Bertz CT molecular complexity index is 353. The second-order valence-corrected chi connectivity index (χ2v) is 5.29. The van der Waals surface area contributed by atoms with Crippen molar-refractivity contribution in [3.05, 3.63) is 35.4 Å². The van der Waals surface area contributed by atoms with Crippen LogP contribution in [0.15, 0.2) is 24.3 Å². The standard InChI is InChI=1S/C13H16INO/c14-6-3-7-15-13(16)12-8-10-4-1-2-5-11(10)9-12/h1-2,4-5,12H,3,6-9H2,(H,15,16). The molecule has 0 fully saturated rings. The van der Waals surface area contributed by atoms with Gasteiger partial charge >= 0.3 is 0 Å². The Balaban J connectivity index is 1.88. The zero-order chi connectivity index (χ0) is 11.4. The molecular weight excluding hydrogens is 313 g/mol. The molecule has 0 unspecified atom stereocenters. The molecule has 16 heavy (non-hydrogen) atoms. The summed E-state index contributed by atoms with van der Waals surface area (Å²) < 4.78 is 1.10. The third-order valence-corrected chi connectivity index (χ3v) is 3.79. The van der Waals surface area contributed by atoms with Gasteiger partial charge < -0.3 is 5.32 Å². The van der Waals surface area contributed by atoms with Gasteiger partial charge in [-0.15, -0.1) is 0 Å². The maximum absolute atomic E-state index is 11.9. The lowest BCUT2D eigenvalue weighted by Gasteiger charge is -2.09. The number of carbonyl (C=O) groups excluding carboxylic acids is 1. The van der Waals surface area contributed by atoms with Gasteiger partial charge in [0.05, 0.1) is 0 Å².